The van der Waals surface area contributed by atoms with Crippen LogP contribution in [0.4, 0.5) is 0 Å². The predicted octanol–water partition coefficient (Wildman–Crippen LogP) is 2.45. The molecule has 1 unspecified atom stereocenters. The monoisotopic (exact) mass is 357 g/mol. The lowest BCUT2D eigenvalue weighted by molar-refractivity contribution is 0.501. The van der Waals surface area contributed by atoms with Crippen molar-refractivity contribution in [2.45, 2.75) is 39.2 Å². The van der Waals surface area contributed by atoms with Crippen LogP contribution in [0.3, 0.4) is 0 Å². The molecule has 0 radical (unpaired) electrons. The molecular weight excluding hydrogens is 333 g/mol. The standard InChI is InChI=1S/C11H23N3S.HI/c1-11(2,3)14-10(12)13-7-9-5-4-6-15-8-9;/h9H,4-8H2,1-3H3,(H3,12,13,14);1H. The summed E-state index contributed by atoms with van der Waals surface area (Å²) in [5.74, 6) is 3.87. The highest BCUT2D eigenvalue weighted by molar-refractivity contribution is 14.0. The number of aliphatic imine (C=N–C) groups is 1. The molecule has 0 aliphatic carbocycles. The molecule has 1 atom stereocenters. The molecule has 3 nitrogen and oxygen atoms in total. The van der Waals surface area contributed by atoms with Crippen molar-refractivity contribution in [3.05, 3.63) is 0 Å². The molecule has 1 saturated heterocycles. The zero-order chi connectivity index (χ0) is 11.3. The minimum atomic E-state index is 0. The first-order valence-corrected chi connectivity index (χ1v) is 6.79. The van der Waals surface area contributed by atoms with Crippen LogP contribution in [-0.4, -0.2) is 29.5 Å². The second kappa shape index (κ2) is 7.63. The summed E-state index contributed by atoms with van der Waals surface area (Å²) in [5.41, 5.74) is 5.82. The van der Waals surface area contributed by atoms with E-state index in [9.17, 15) is 0 Å². The molecule has 1 heterocycles. The van der Waals surface area contributed by atoms with Crippen LogP contribution in [0.1, 0.15) is 33.6 Å². The Hall–Kier alpha value is 0.350. The zero-order valence-corrected chi connectivity index (χ0v) is 13.6. The van der Waals surface area contributed by atoms with Gasteiger partial charge in [0.05, 0.1) is 0 Å². The Morgan fingerprint density at radius 3 is 2.69 bits per heavy atom. The maximum absolute atomic E-state index is 5.81. The fraction of sp³-hybridized carbons (Fsp3) is 0.909. The maximum Gasteiger partial charge on any atom is 0.188 e. The lowest BCUT2D eigenvalue weighted by Crippen LogP contribution is -2.45. The van der Waals surface area contributed by atoms with Crippen LogP contribution in [-0.2, 0) is 0 Å². The summed E-state index contributed by atoms with van der Waals surface area (Å²) in [7, 11) is 0. The van der Waals surface area contributed by atoms with Crippen molar-refractivity contribution < 1.29 is 0 Å². The van der Waals surface area contributed by atoms with E-state index in [1.165, 1.54) is 24.3 Å². The summed E-state index contributed by atoms with van der Waals surface area (Å²) >= 11 is 2.04. The lowest BCUT2D eigenvalue weighted by Gasteiger charge is -2.22. The normalized spacial score (nSPS) is 22.4. The fourth-order valence-electron chi connectivity index (χ4n) is 1.60. The average molecular weight is 357 g/mol. The summed E-state index contributed by atoms with van der Waals surface area (Å²) in [4.78, 5) is 4.40. The van der Waals surface area contributed by atoms with Crippen molar-refractivity contribution in [3.8, 4) is 0 Å². The summed E-state index contributed by atoms with van der Waals surface area (Å²) < 4.78 is 0. The smallest absolute Gasteiger partial charge is 0.188 e. The molecule has 3 N–H and O–H groups in total. The van der Waals surface area contributed by atoms with Gasteiger partial charge in [-0.05, 0) is 51.0 Å². The van der Waals surface area contributed by atoms with Crippen molar-refractivity contribution in [2.24, 2.45) is 16.6 Å². The van der Waals surface area contributed by atoms with Gasteiger partial charge in [0.15, 0.2) is 5.96 Å². The number of nitrogens with one attached hydrogen (secondary N) is 1. The third kappa shape index (κ3) is 7.60. The second-order valence-corrected chi connectivity index (χ2v) is 6.33. The maximum atomic E-state index is 5.81. The molecule has 0 saturated carbocycles. The largest absolute Gasteiger partial charge is 0.370 e. The molecule has 1 fully saturated rings. The highest BCUT2D eigenvalue weighted by Crippen LogP contribution is 2.22. The van der Waals surface area contributed by atoms with Crippen molar-refractivity contribution in [2.75, 3.05) is 18.1 Å². The van der Waals surface area contributed by atoms with E-state index in [0.29, 0.717) is 5.96 Å². The van der Waals surface area contributed by atoms with Crippen LogP contribution in [0, 0.1) is 5.92 Å². The van der Waals surface area contributed by atoms with E-state index in [-0.39, 0.29) is 29.5 Å². The van der Waals surface area contributed by atoms with Crippen molar-refractivity contribution in [3.63, 3.8) is 0 Å². The van der Waals surface area contributed by atoms with Crippen LogP contribution >= 0.6 is 35.7 Å². The molecule has 96 valence electrons. The summed E-state index contributed by atoms with van der Waals surface area (Å²) in [6.45, 7) is 7.14. The minimum absolute atomic E-state index is 0. The van der Waals surface area contributed by atoms with E-state index in [1.807, 2.05) is 11.8 Å². The Morgan fingerprint density at radius 2 is 2.19 bits per heavy atom. The molecule has 0 bridgehead atoms. The zero-order valence-electron chi connectivity index (χ0n) is 10.5. The minimum Gasteiger partial charge on any atom is -0.370 e. The molecule has 1 aliphatic rings. The van der Waals surface area contributed by atoms with E-state index in [2.05, 4.69) is 31.1 Å². The Kier molecular flexibility index (Phi) is 7.80. The Morgan fingerprint density at radius 1 is 1.50 bits per heavy atom. The molecule has 0 aromatic carbocycles. The quantitative estimate of drug-likeness (QED) is 0.454. The molecule has 1 aliphatic heterocycles. The SMILES string of the molecule is CC(C)(C)NC(N)=NCC1CCCSC1.I. The Bertz CT molecular complexity index is 220. The van der Waals surface area contributed by atoms with Crippen molar-refractivity contribution in [1.82, 2.24) is 5.32 Å². The van der Waals surface area contributed by atoms with Gasteiger partial charge in [-0.25, -0.2) is 0 Å². The molecular formula is C11H24IN3S. The molecule has 0 aromatic rings. The number of guanidine groups is 1. The highest BCUT2D eigenvalue weighted by Gasteiger charge is 2.14. The van der Waals surface area contributed by atoms with Gasteiger partial charge in [-0.3, -0.25) is 4.99 Å². The van der Waals surface area contributed by atoms with Gasteiger partial charge < -0.3 is 11.1 Å². The molecule has 16 heavy (non-hydrogen) atoms. The van der Waals surface area contributed by atoms with E-state index in [1.54, 1.807) is 0 Å². The molecule has 0 aromatic heterocycles. The lowest BCUT2D eigenvalue weighted by atomic mass is 10.1. The highest BCUT2D eigenvalue weighted by atomic mass is 127. The van der Waals surface area contributed by atoms with Crippen molar-refractivity contribution in [1.29, 1.82) is 0 Å². The average Bonchev–Trinajstić information content (AvgIpc) is 2.14. The predicted molar refractivity (Wildman–Crippen MR) is 84.8 cm³/mol. The number of hydrogen-bond donors (Lipinski definition) is 2. The Labute approximate surface area is 120 Å². The number of nitrogens with two attached hydrogens (primary N) is 1. The topological polar surface area (TPSA) is 50.4 Å². The van der Waals surface area contributed by atoms with Gasteiger partial charge in [0.1, 0.15) is 0 Å². The van der Waals surface area contributed by atoms with E-state index < -0.39 is 0 Å². The van der Waals surface area contributed by atoms with Crippen LogP contribution < -0.4 is 11.1 Å². The molecule has 0 spiro atoms. The number of halogens is 1. The molecule has 1 rings (SSSR count). The van der Waals surface area contributed by atoms with E-state index in [0.717, 1.165) is 12.5 Å². The summed E-state index contributed by atoms with van der Waals surface area (Å²) in [5, 5.41) is 3.18. The summed E-state index contributed by atoms with van der Waals surface area (Å²) in [6.07, 6.45) is 2.64. The van der Waals surface area contributed by atoms with Crippen molar-refractivity contribution >= 4 is 41.7 Å². The first kappa shape index (κ1) is 16.4. The summed E-state index contributed by atoms with van der Waals surface area (Å²) in [6, 6.07) is 0. The van der Waals surface area contributed by atoms with Gasteiger partial charge in [-0.15, -0.1) is 24.0 Å². The first-order chi connectivity index (χ1) is 6.97. The fourth-order valence-corrected chi connectivity index (χ4v) is 2.75. The number of hydrogen-bond acceptors (Lipinski definition) is 2. The van der Waals surface area contributed by atoms with Crippen LogP contribution in [0.15, 0.2) is 4.99 Å². The van der Waals surface area contributed by atoms with Gasteiger partial charge in [0, 0.05) is 12.1 Å². The van der Waals surface area contributed by atoms with Crippen LogP contribution in [0.5, 0.6) is 0 Å². The second-order valence-electron chi connectivity index (χ2n) is 5.18. The van der Waals surface area contributed by atoms with Gasteiger partial charge in [0.2, 0.25) is 0 Å². The van der Waals surface area contributed by atoms with Gasteiger partial charge in [-0.1, -0.05) is 0 Å². The third-order valence-corrected chi connectivity index (χ3v) is 3.56. The molecule has 0 amide bonds. The van der Waals surface area contributed by atoms with E-state index in [4.69, 9.17) is 5.73 Å². The third-order valence-electron chi connectivity index (χ3n) is 2.28. The van der Waals surface area contributed by atoms with Gasteiger partial charge >= 0.3 is 0 Å². The molecule has 5 heteroatoms. The Balaban J connectivity index is 0.00000225. The number of thioether (sulfide) groups is 1. The van der Waals surface area contributed by atoms with E-state index >= 15 is 0 Å². The van der Waals surface area contributed by atoms with Gasteiger partial charge in [0.25, 0.3) is 0 Å². The van der Waals surface area contributed by atoms with Crippen LogP contribution in [0.2, 0.25) is 0 Å². The van der Waals surface area contributed by atoms with Crippen LogP contribution in [0.25, 0.3) is 0 Å². The number of nitrogens with zero attached hydrogens (tertiary/aromatic N) is 1. The first-order valence-electron chi connectivity index (χ1n) is 5.63. The number of rotatable bonds is 2. The van der Waals surface area contributed by atoms with Gasteiger partial charge in [-0.2, -0.15) is 11.8 Å².